The van der Waals surface area contributed by atoms with E-state index in [1.807, 2.05) is 12.2 Å². The number of hydrogen-bond acceptors (Lipinski definition) is 1. The van der Waals surface area contributed by atoms with Crippen molar-refractivity contribution in [1.29, 1.82) is 0 Å². The summed E-state index contributed by atoms with van der Waals surface area (Å²) in [6.45, 7) is 8.36. The van der Waals surface area contributed by atoms with E-state index in [0.717, 1.165) is 12.8 Å². The Hall–Kier alpha value is -2.16. The fraction of sp³-hybridized carbons (Fsp3) is 0.381. The monoisotopic (exact) mass is 328 g/mol. The highest BCUT2D eigenvalue weighted by Crippen LogP contribution is 2.41. The molecule has 0 amide bonds. The number of carboxylic acids is 1. The van der Waals surface area contributed by atoms with E-state index >= 15 is 0 Å². The van der Waals surface area contributed by atoms with Crippen LogP contribution in [-0.4, -0.2) is 11.1 Å². The van der Waals surface area contributed by atoms with E-state index in [9.17, 15) is 9.18 Å². The molecule has 0 atom stereocenters. The van der Waals surface area contributed by atoms with Crippen LogP contribution < -0.4 is 0 Å². The van der Waals surface area contributed by atoms with Crippen molar-refractivity contribution in [3.05, 3.63) is 64.3 Å². The molecule has 0 aliphatic heterocycles. The van der Waals surface area contributed by atoms with Gasteiger partial charge in [0.05, 0.1) is 5.56 Å². The number of benzene rings is 1. The van der Waals surface area contributed by atoms with Gasteiger partial charge in [0.2, 0.25) is 0 Å². The van der Waals surface area contributed by atoms with Crippen LogP contribution in [0.15, 0.2) is 53.1 Å². The van der Waals surface area contributed by atoms with Crippen molar-refractivity contribution in [3.8, 4) is 0 Å². The van der Waals surface area contributed by atoms with Gasteiger partial charge in [-0.05, 0) is 61.8 Å². The maximum absolute atomic E-state index is 14.6. The Labute approximate surface area is 143 Å². The maximum Gasteiger partial charge on any atom is 0.335 e. The molecule has 0 fully saturated rings. The average Bonchev–Trinajstić information content (AvgIpc) is 2.53. The van der Waals surface area contributed by atoms with Crippen LogP contribution in [0.4, 0.5) is 4.39 Å². The molecule has 0 bridgehead atoms. The molecule has 1 aromatic rings. The van der Waals surface area contributed by atoms with Crippen LogP contribution in [0.2, 0.25) is 0 Å². The Bertz CT molecular complexity index is 719. The first kappa shape index (κ1) is 18.2. The minimum atomic E-state index is -1.01. The molecule has 2 nitrogen and oxygen atoms in total. The van der Waals surface area contributed by atoms with Crippen LogP contribution in [0.25, 0.3) is 5.83 Å². The predicted molar refractivity (Wildman–Crippen MR) is 96.6 cm³/mol. The highest BCUT2D eigenvalue weighted by Gasteiger charge is 2.26. The van der Waals surface area contributed by atoms with Crippen molar-refractivity contribution in [1.82, 2.24) is 0 Å². The third kappa shape index (κ3) is 4.02. The van der Waals surface area contributed by atoms with Crippen LogP contribution in [0, 0.1) is 5.41 Å². The second-order valence-electron chi connectivity index (χ2n) is 7.14. The summed E-state index contributed by atoms with van der Waals surface area (Å²) in [5.41, 5.74) is 3.89. The first-order chi connectivity index (χ1) is 11.2. The smallest absolute Gasteiger partial charge is 0.335 e. The van der Waals surface area contributed by atoms with Gasteiger partial charge in [0.15, 0.2) is 0 Å². The fourth-order valence-electron chi connectivity index (χ4n) is 3.28. The first-order valence-corrected chi connectivity index (χ1v) is 8.31. The average molecular weight is 328 g/mol. The van der Waals surface area contributed by atoms with E-state index in [4.69, 9.17) is 5.11 Å². The van der Waals surface area contributed by atoms with Crippen molar-refractivity contribution >= 4 is 11.8 Å². The largest absolute Gasteiger partial charge is 0.478 e. The lowest BCUT2D eigenvalue weighted by Crippen LogP contribution is -2.19. The summed E-state index contributed by atoms with van der Waals surface area (Å²) in [5, 5.41) is 8.90. The van der Waals surface area contributed by atoms with Gasteiger partial charge in [0, 0.05) is 5.56 Å². The zero-order valence-electron chi connectivity index (χ0n) is 14.8. The van der Waals surface area contributed by atoms with Gasteiger partial charge in [-0.3, -0.25) is 0 Å². The molecule has 0 aromatic heterocycles. The van der Waals surface area contributed by atoms with Crippen LogP contribution in [0.1, 0.15) is 62.9 Å². The third-order valence-electron chi connectivity index (χ3n) is 4.77. The van der Waals surface area contributed by atoms with Gasteiger partial charge < -0.3 is 5.11 Å². The number of aromatic carboxylic acids is 1. The molecule has 1 aromatic carbocycles. The molecule has 0 unspecified atom stereocenters. The summed E-state index contributed by atoms with van der Waals surface area (Å²) in [6, 6.07) is 5.85. The number of allylic oxidation sites excluding steroid dienone is 5. The number of rotatable bonds is 4. The Kier molecular flexibility index (Phi) is 5.43. The van der Waals surface area contributed by atoms with Crippen molar-refractivity contribution < 1.29 is 14.3 Å². The Morgan fingerprint density at radius 2 is 1.79 bits per heavy atom. The SMILES string of the molecule is CC1=C(/C=C/C(C)=C(\F)c2ccc(C(=O)O)cc2)C(C)(C)CCC1. The standard InChI is InChI=1S/C21H25FO2/c1-14-6-5-13-21(3,4)18(14)12-7-15(2)19(22)16-8-10-17(11-9-16)20(23)24/h7-12H,5-6,13H2,1-4H3,(H,23,24)/b12-7+,19-15-. The molecule has 0 saturated carbocycles. The third-order valence-corrected chi connectivity index (χ3v) is 4.77. The van der Waals surface area contributed by atoms with Gasteiger partial charge in [0.1, 0.15) is 5.83 Å². The van der Waals surface area contributed by atoms with Gasteiger partial charge in [-0.25, -0.2) is 9.18 Å². The molecule has 0 heterocycles. The molecule has 1 aliphatic rings. The molecule has 0 radical (unpaired) electrons. The van der Waals surface area contributed by atoms with E-state index in [0.29, 0.717) is 11.1 Å². The van der Waals surface area contributed by atoms with Gasteiger partial charge in [-0.2, -0.15) is 0 Å². The summed E-state index contributed by atoms with van der Waals surface area (Å²) in [6.07, 6.45) is 7.31. The van der Waals surface area contributed by atoms with Gasteiger partial charge in [0.25, 0.3) is 0 Å². The van der Waals surface area contributed by atoms with E-state index in [1.165, 1.54) is 41.8 Å². The predicted octanol–water partition coefficient (Wildman–Crippen LogP) is 6.17. The molecule has 2 rings (SSSR count). The summed E-state index contributed by atoms with van der Waals surface area (Å²) in [4.78, 5) is 10.9. The highest BCUT2D eigenvalue weighted by atomic mass is 19.1. The second kappa shape index (κ2) is 7.16. The van der Waals surface area contributed by atoms with Crippen molar-refractivity contribution in [2.75, 3.05) is 0 Å². The minimum Gasteiger partial charge on any atom is -0.478 e. The molecule has 1 aliphatic carbocycles. The molecule has 128 valence electrons. The van der Waals surface area contributed by atoms with Crippen molar-refractivity contribution in [3.63, 3.8) is 0 Å². The Morgan fingerprint density at radius 1 is 1.21 bits per heavy atom. The Balaban J connectivity index is 2.27. The first-order valence-electron chi connectivity index (χ1n) is 8.31. The summed E-state index contributed by atoms with van der Waals surface area (Å²) in [7, 11) is 0. The molecule has 0 spiro atoms. The van der Waals surface area contributed by atoms with Crippen LogP contribution in [0.3, 0.4) is 0 Å². The second-order valence-corrected chi connectivity index (χ2v) is 7.14. The molecular weight excluding hydrogens is 303 g/mol. The van der Waals surface area contributed by atoms with Crippen molar-refractivity contribution in [2.24, 2.45) is 5.41 Å². The zero-order chi connectivity index (χ0) is 17.9. The summed E-state index contributed by atoms with van der Waals surface area (Å²) in [5.74, 6) is -1.33. The highest BCUT2D eigenvalue weighted by molar-refractivity contribution is 5.88. The van der Waals surface area contributed by atoms with Crippen LogP contribution >= 0.6 is 0 Å². The van der Waals surface area contributed by atoms with E-state index in [-0.39, 0.29) is 16.8 Å². The lowest BCUT2D eigenvalue weighted by molar-refractivity contribution is 0.0697. The van der Waals surface area contributed by atoms with Gasteiger partial charge in [-0.1, -0.05) is 43.7 Å². The van der Waals surface area contributed by atoms with Crippen molar-refractivity contribution in [2.45, 2.75) is 47.0 Å². The van der Waals surface area contributed by atoms with E-state index in [2.05, 4.69) is 20.8 Å². The lowest BCUT2D eigenvalue weighted by Gasteiger charge is -2.32. The van der Waals surface area contributed by atoms with Gasteiger partial charge in [-0.15, -0.1) is 0 Å². The molecule has 0 saturated heterocycles. The minimum absolute atomic E-state index is 0.124. The van der Waals surface area contributed by atoms with Crippen LogP contribution in [0.5, 0.6) is 0 Å². The molecule has 3 heteroatoms. The van der Waals surface area contributed by atoms with E-state index < -0.39 is 5.97 Å². The number of halogens is 1. The topological polar surface area (TPSA) is 37.3 Å². The maximum atomic E-state index is 14.6. The van der Waals surface area contributed by atoms with Crippen LogP contribution in [-0.2, 0) is 0 Å². The van der Waals surface area contributed by atoms with E-state index in [1.54, 1.807) is 6.92 Å². The number of carboxylic acid groups (broad SMARTS) is 1. The fourth-order valence-corrected chi connectivity index (χ4v) is 3.28. The zero-order valence-corrected chi connectivity index (χ0v) is 14.8. The number of carbonyl (C=O) groups is 1. The lowest BCUT2D eigenvalue weighted by atomic mass is 9.72. The summed E-state index contributed by atoms with van der Waals surface area (Å²) < 4.78 is 14.6. The number of hydrogen-bond donors (Lipinski definition) is 1. The molecule has 24 heavy (non-hydrogen) atoms. The molecule has 1 N–H and O–H groups in total. The van der Waals surface area contributed by atoms with Gasteiger partial charge >= 0.3 is 5.97 Å². The summed E-state index contributed by atoms with van der Waals surface area (Å²) >= 11 is 0. The normalized spacial score (nSPS) is 18.7. The quantitative estimate of drug-likeness (QED) is 0.671. The molecular formula is C21H25FO2. The Morgan fingerprint density at radius 3 is 2.33 bits per heavy atom.